The molecule has 0 aliphatic heterocycles. The van der Waals surface area contributed by atoms with Crippen LogP contribution in [0.15, 0.2) is 42.7 Å². The predicted octanol–water partition coefficient (Wildman–Crippen LogP) is 2.20. The van der Waals surface area contributed by atoms with Crippen LogP contribution in [0.4, 0.5) is 0 Å². The SMILES string of the molecule is CCOC(=O)[C@H](Cc1ccccc1)N(C(=O)c1cnn(C)c1)C1CC1. The van der Waals surface area contributed by atoms with E-state index in [0.717, 1.165) is 18.4 Å². The summed E-state index contributed by atoms with van der Waals surface area (Å²) >= 11 is 0. The number of esters is 1. The van der Waals surface area contributed by atoms with Crippen molar-refractivity contribution in [1.82, 2.24) is 14.7 Å². The number of rotatable bonds is 7. The fourth-order valence-corrected chi connectivity index (χ4v) is 2.97. The molecule has 0 bridgehead atoms. The first-order chi connectivity index (χ1) is 12.1. The van der Waals surface area contributed by atoms with Crippen molar-refractivity contribution in [2.24, 2.45) is 7.05 Å². The highest BCUT2D eigenvalue weighted by atomic mass is 16.5. The molecule has 0 radical (unpaired) electrons. The fraction of sp³-hybridized carbons (Fsp3) is 0.421. The standard InChI is InChI=1S/C19H23N3O3/c1-3-25-19(24)17(11-14-7-5-4-6-8-14)22(16-9-10-16)18(23)15-12-20-21(2)13-15/h4-8,12-13,16-17H,3,9-11H2,1-2H3/t17-/m0/s1. The number of hydrogen-bond acceptors (Lipinski definition) is 4. The van der Waals surface area contributed by atoms with Crippen molar-refractivity contribution in [3.05, 3.63) is 53.9 Å². The molecule has 6 heteroatoms. The van der Waals surface area contributed by atoms with Crippen LogP contribution in [0.25, 0.3) is 0 Å². The Labute approximate surface area is 147 Å². The van der Waals surface area contributed by atoms with Crippen LogP contribution in [0.3, 0.4) is 0 Å². The van der Waals surface area contributed by atoms with Crippen molar-refractivity contribution in [3.8, 4) is 0 Å². The zero-order valence-electron chi connectivity index (χ0n) is 14.6. The van der Waals surface area contributed by atoms with Crippen LogP contribution in [0.1, 0.15) is 35.7 Å². The molecular formula is C19H23N3O3. The minimum atomic E-state index is -0.623. The summed E-state index contributed by atoms with van der Waals surface area (Å²) in [5, 5.41) is 4.08. The quantitative estimate of drug-likeness (QED) is 0.724. The van der Waals surface area contributed by atoms with Gasteiger partial charge in [-0.1, -0.05) is 30.3 Å². The number of aromatic nitrogens is 2. The number of aryl methyl sites for hydroxylation is 1. The summed E-state index contributed by atoms with van der Waals surface area (Å²) in [7, 11) is 1.77. The average molecular weight is 341 g/mol. The number of amides is 1. The molecule has 1 aromatic carbocycles. The largest absolute Gasteiger partial charge is 0.464 e. The van der Waals surface area contributed by atoms with Crippen LogP contribution in [-0.4, -0.2) is 45.2 Å². The highest BCUT2D eigenvalue weighted by molar-refractivity contribution is 5.97. The number of carbonyl (C=O) groups is 2. The van der Waals surface area contributed by atoms with Gasteiger partial charge in [0.15, 0.2) is 0 Å². The van der Waals surface area contributed by atoms with Crippen molar-refractivity contribution < 1.29 is 14.3 Å². The molecule has 25 heavy (non-hydrogen) atoms. The molecule has 1 aromatic heterocycles. The molecule has 1 fully saturated rings. The number of nitrogens with zero attached hydrogens (tertiary/aromatic N) is 3. The molecule has 1 amide bonds. The molecule has 0 saturated heterocycles. The van der Waals surface area contributed by atoms with Gasteiger partial charge in [-0.2, -0.15) is 5.10 Å². The van der Waals surface area contributed by atoms with Gasteiger partial charge in [0.1, 0.15) is 6.04 Å². The number of carbonyl (C=O) groups excluding carboxylic acids is 2. The summed E-state index contributed by atoms with van der Waals surface area (Å²) in [4.78, 5) is 27.4. The lowest BCUT2D eigenvalue weighted by Crippen LogP contribution is -2.48. The van der Waals surface area contributed by atoms with E-state index >= 15 is 0 Å². The minimum absolute atomic E-state index is 0.0887. The zero-order valence-corrected chi connectivity index (χ0v) is 14.6. The maximum absolute atomic E-state index is 13.0. The van der Waals surface area contributed by atoms with E-state index in [4.69, 9.17) is 4.74 Å². The molecule has 1 heterocycles. The van der Waals surface area contributed by atoms with Crippen molar-refractivity contribution in [1.29, 1.82) is 0 Å². The molecular weight excluding hydrogens is 318 g/mol. The lowest BCUT2D eigenvalue weighted by molar-refractivity contribution is -0.148. The van der Waals surface area contributed by atoms with Crippen LogP contribution in [0.5, 0.6) is 0 Å². The van der Waals surface area contributed by atoms with Gasteiger partial charge >= 0.3 is 5.97 Å². The van der Waals surface area contributed by atoms with Crippen LogP contribution < -0.4 is 0 Å². The molecule has 1 aliphatic rings. The predicted molar refractivity (Wildman–Crippen MR) is 93.0 cm³/mol. The van der Waals surface area contributed by atoms with Gasteiger partial charge in [0.25, 0.3) is 5.91 Å². The summed E-state index contributed by atoms with van der Waals surface area (Å²) in [6.45, 7) is 2.07. The number of hydrogen-bond donors (Lipinski definition) is 0. The van der Waals surface area contributed by atoms with E-state index in [2.05, 4.69) is 5.10 Å². The van der Waals surface area contributed by atoms with Gasteiger partial charge in [-0.05, 0) is 25.3 Å². The molecule has 1 aliphatic carbocycles. The summed E-state index contributed by atoms with van der Waals surface area (Å²) in [6, 6.07) is 9.19. The van der Waals surface area contributed by atoms with Gasteiger partial charge in [-0.25, -0.2) is 4.79 Å². The van der Waals surface area contributed by atoms with E-state index in [-0.39, 0.29) is 17.9 Å². The van der Waals surface area contributed by atoms with Crippen LogP contribution >= 0.6 is 0 Å². The van der Waals surface area contributed by atoms with Crippen LogP contribution in [-0.2, 0) is 23.0 Å². The van der Waals surface area contributed by atoms with Gasteiger partial charge in [0, 0.05) is 25.7 Å². The van der Waals surface area contributed by atoms with Gasteiger partial charge < -0.3 is 9.64 Å². The highest BCUT2D eigenvalue weighted by Crippen LogP contribution is 2.31. The molecule has 0 unspecified atom stereocenters. The Bertz CT molecular complexity index is 737. The smallest absolute Gasteiger partial charge is 0.329 e. The van der Waals surface area contributed by atoms with Crippen molar-refractivity contribution in [3.63, 3.8) is 0 Å². The molecule has 6 nitrogen and oxygen atoms in total. The Hall–Kier alpha value is -2.63. The van der Waals surface area contributed by atoms with E-state index in [1.807, 2.05) is 30.3 Å². The van der Waals surface area contributed by atoms with E-state index in [9.17, 15) is 9.59 Å². The van der Waals surface area contributed by atoms with Crippen LogP contribution in [0, 0.1) is 0 Å². The minimum Gasteiger partial charge on any atom is -0.464 e. The monoisotopic (exact) mass is 341 g/mol. The Morgan fingerprint density at radius 3 is 2.60 bits per heavy atom. The summed E-state index contributed by atoms with van der Waals surface area (Å²) in [5.74, 6) is -0.514. The van der Waals surface area contributed by atoms with Gasteiger partial charge in [0.05, 0.1) is 18.4 Å². The van der Waals surface area contributed by atoms with Crippen LogP contribution in [0.2, 0.25) is 0 Å². The second-order valence-corrected chi connectivity index (χ2v) is 6.30. The Balaban J connectivity index is 1.89. The first-order valence-corrected chi connectivity index (χ1v) is 8.62. The first kappa shape index (κ1) is 17.2. The number of benzene rings is 1. The number of ether oxygens (including phenoxy) is 1. The average Bonchev–Trinajstić information content (AvgIpc) is 3.35. The summed E-state index contributed by atoms with van der Waals surface area (Å²) in [5.41, 5.74) is 1.50. The second-order valence-electron chi connectivity index (χ2n) is 6.30. The third kappa shape index (κ3) is 4.07. The first-order valence-electron chi connectivity index (χ1n) is 8.62. The van der Waals surface area contributed by atoms with Gasteiger partial charge in [0.2, 0.25) is 0 Å². The Morgan fingerprint density at radius 1 is 1.32 bits per heavy atom. The summed E-state index contributed by atoms with van der Waals surface area (Å²) in [6.07, 6.45) is 5.50. The molecule has 1 saturated carbocycles. The molecule has 0 spiro atoms. The Kier molecular flexibility index (Phi) is 5.16. The van der Waals surface area contributed by atoms with E-state index < -0.39 is 6.04 Å². The van der Waals surface area contributed by atoms with Crippen molar-refractivity contribution in [2.75, 3.05) is 6.61 Å². The van der Waals surface area contributed by atoms with Crippen molar-refractivity contribution in [2.45, 2.75) is 38.3 Å². The summed E-state index contributed by atoms with van der Waals surface area (Å²) < 4.78 is 6.86. The van der Waals surface area contributed by atoms with Gasteiger partial charge in [-0.3, -0.25) is 9.48 Å². The maximum atomic E-state index is 13.0. The normalized spacial score (nSPS) is 14.8. The molecule has 1 atom stereocenters. The van der Waals surface area contributed by atoms with Crippen molar-refractivity contribution >= 4 is 11.9 Å². The van der Waals surface area contributed by atoms with E-state index in [0.29, 0.717) is 18.6 Å². The maximum Gasteiger partial charge on any atom is 0.329 e. The molecule has 2 aromatic rings. The molecule has 3 rings (SSSR count). The van der Waals surface area contributed by atoms with Gasteiger partial charge in [-0.15, -0.1) is 0 Å². The molecule has 0 N–H and O–H groups in total. The van der Waals surface area contributed by atoms with E-state index in [1.54, 1.807) is 35.9 Å². The highest BCUT2D eigenvalue weighted by Gasteiger charge is 2.41. The second kappa shape index (κ2) is 7.51. The zero-order chi connectivity index (χ0) is 17.8. The lowest BCUT2D eigenvalue weighted by atomic mass is 10.0. The molecule has 132 valence electrons. The third-order valence-electron chi connectivity index (χ3n) is 4.29. The lowest BCUT2D eigenvalue weighted by Gasteiger charge is -2.30. The Morgan fingerprint density at radius 2 is 2.04 bits per heavy atom. The van der Waals surface area contributed by atoms with E-state index in [1.165, 1.54) is 0 Å². The topological polar surface area (TPSA) is 64.4 Å². The fourth-order valence-electron chi connectivity index (χ4n) is 2.97. The third-order valence-corrected chi connectivity index (χ3v) is 4.29.